The molecule has 0 spiro atoms. The fraction of sp³-hybridized carbons (Fsp3) is 0.125. The molecular formula is C16H16FNO2S. The summed E-state index contributed by atoms with van der Waals surface area (Å²) in [5.74, 6) is -0.750. The van der Waals surface area contributed by atoms with Crippen LogP contribution in [0.5, 0.6) is 0 Å². The first-order valence-corrected chi connectivity index (χ1v) is 7.89. The van der Waals surface area contributed by atoms with Crippen molar-refractivity contribution in [1.29, 1.82) is 0 Å². The number of benzene rings is 2. The minimum atomic E-state index is -3.91. The average molecular weight is 305 g/mol. The number of halogens is 1. The van der Waals surface area contributed by atoms with Gasteiger partial charge in [0.25, 0.3) is 0 Å². The zero-order chi connectivity index (χ0) is 15.3. The quantitative estimate of drug-likeness (QED) is 0.769. The van der Waals surface area contributed by atoms with E-state index in [1.54, 1.807) is 0 Å². The molecule has 2 aromatic carbocycles. The average Bonchev–Trinajstić information content (AvgIpc) is 2.48. The van der Waals surface area contributed by atoms with Crippen LogP contribution in [0.3, 0.4) is 0 Å². The Bertz CT molecular complexity index is 714. The molecule has 0 radical (unpaired) electrons. The predicted octanol–water partition coefficient (Wildman–Crippen LogP) is 3.20. The monoisotopic (exact) mass is 305 g/mol. The molecule has 0 N–H and O–H groups in total. The van der Waals surface area contributed by atoms with E-state index < -0.39 is 15.8 Å². The normalized spacial score (nSPS) is 11.5. The van der Waals surface area contributed by atoms with Crippen molar-refractivity contribution in [1.82, 2.24) is 4.31 Å². The summed E-state index contributed by atoms with van der Waals surface area (Å²) in [5, 5.41) is 0. The van der Waals surface area contributed by atoms with Gasteiger partial charge in [-0.2, -0.15) is 4.31 Å². The van der Waals surface area contributed by atoms with E-state index in [-0.39, 0.29) is 18.0 Å². The van der Waals surface area contributed by atoms with Gasteiger partial charge >= 0.3 is 0 Å². The zero-order valence-electron chi connectivity index (χ0n) is 11.4. The molecule has 0 aliphatic rings. The zero-order valence-corrected chi connectivity index (χ0v) is 12.3. The molecule has 0 aromatic heterocycles. The van der Waals surface area contributed by atoms with Gasteiger partial charge in [0.1, 0.15) is 10.7 Å². The number of hydrogen-bond donors (Lipinski definition) is 0. The van der Waals surface area contributed by atoms with Crippen LogP contribution in [0.2, 0.25) is 0 Å². The summed E-state index contributed by atoms with van der Waals surface area (Å²) in [6.07, 6.45) is 1.49. The van der Waals surface area contributed by atoms with Crippen molar-refractivity contribution in [3.05, 3.63) is 78.6 Å². The van der Waals surface area contributed by atoms with Gasteiger partial charge in [-0.25, -0.2) is 12.8 Å². The van der Waals surface area contributed by atoms with Gasteiger partial charge < -0.3 is 0 Å². The van der Waals surface area contributed by atoms with Crippen LogP contribution in [-0.4, -0.2) is 19.3 Å². The molecule has 2 aromatic rings. The van der Waals surface area contributed by atoms with E-state index in [1.807, 2.05) is 30.3 Å². The molecule has 5 heteroatoms. The lowest BCUT2D eigenvalue weighted by Crippen LogP contribution is -2.31. The van der Waals surface area contributed by atoms with Gasteiger partial charge in [-0.1, -0.05) is 48.5 Å². The molecule has 0 aliphatic carbocycles. The van der Waals surface area contributed by atoms with Gasteiger partial charge in [-0.05, 0) is 17.7 Å². The number of nitrogens with zero attached hydrogens (tertiary/aromatic N) is 1. The molecule has 21 heavy (non-hydrogen) atoms. The van der Waals surface area contributed by atoms with Crippen LogP contribution in [0.25, 0.3) is 0 Å². The summed E-state index contributed by atoms with van der Waals surface area (Å²) in [4.78, 5) is -0.317. The maximum absolute atomic E-state index is 13.8. The Morgan fingerprint density at radius 2 is 1.67 bits per heavy atom. The first kappa shape index (κ1) is 15.4. The van der Waals surface area contributed by atoms with E-state index in [4.69, 9.17) is 0 Å². The molecule has 110 valence electrons. The highest BCUT2D eigenvalue weighted by molar-refractivity contribution is 7.89. The van der Waals surface area contributed by atoms with E-state index in [9.17, 15) is 12.8 Å². The largest absolute Gasteiger partial charge is 0.246 e. The van der Waals surface area contributed by atoms with Gasteiger partial charge in [-0.15, -0.1) is 6.58 Å². The van der Waals surface area contributed by atoms with E-state index >= 15 is 0 Å². The molecular weight excluding hydrogens is 289 g/mol. The van der Waals surface area contributed by atoms with Gasteiger partial charge in [0.2, 0.25) is 10.0 Å². The lowest BCUT2D eigenvalue weighted by molar-refractivity contribution is 0.433. The number of rotatable bonds is 6. The van der Waals surface area contributed by atoms with Crippen molar-refractivity contribution in [3.63, 3.8) is 0 Å². The molecule has 0 amide bonds. The molecule has 0 atom stereocenters. The van der Waals surface area contributed by atoms with Crippen molar-refractivity contribution in [2.75, 3.05) is 6.54 Å². The van der Waals surface area contributed by atoms with Gasteiger partial charge in [0.05, 0.1) is 0 Å². The molecule has 0 saturated heterocycles. The minimum absolute atomic E-state index is 0.117. The number of hydrogen-bond acceptors (Lipinski definition) is 2. The molecule has 0 aliphatic heterocycles. The molecule has 3 nitrogen and oxygen atoms in total. The maximum atomic E-state index is 13.8. The molecule has 0 fully saturated rings. The Morgan fingerprint density at radius 1 is 1.05 bits per heavy atom. The Hall–Kier alpha value is -1.98. The summed E-state index contributed by atoms with van der Waals surface area (Å²) in [5.41, 5.74) is 0.833. The van der Waals surface area contributed by atoms with E-state index in [2.05, 4.69) is 6.58 Å². The maximum Gasteiger partial charge on any atom is 0.246 e. The fourth-order valence-corrected chi connectivity index (χ4v) is 3.44. The Balaban J connectivity index is 2.37. The van der Waals surface area contributed by atoms with Gasteiger partial charge in [0.15, 0.2) is 0 Å². The second-order valence-electron chi connectivity index (χ2n) is 4.50. The van der Waals surface area contributed by atoms with Crippen molar-refractivity contribution in [3.8, 4) is 0 Å². The highest BCUT2D eigenvalue weighted by Crippen LogP contribution is 2.20. The fourth-order valence-electron chi connectivity index (χ4n) is 1.97. The summed E-state index contributed by atoms with van der Waals surface area (Å²) in [6, 6.07) is 14.5. The van der Waals surface area contributed by atoms with Crippen molar-refractivity contribution < 1.29 is 12.8 Å². The van der Waals surface area contributed by atoms with Crippen LogP contribution in [0.15, 0.2) is 72.1 Å². The van der Waals surface area contributed by atoms with E-state index in [0.717, 1.165) is 11.6 Å². The molecule has 0 heterocycles. The van der Waals surface area contributed by atoms with Crippen LogP contribution in [0.1, 0.15) is 5.56 Å². The molecule has 2 rings (SSSR count). The number of sulfonamides is 1. The van der Waals surface area contributed by atoms with E-state index in [0.29, 0.717) is 0 Å². The second-order valence-corrected chi connectivity index (χ2v) is 6.41. The standard InChI is InChI=1S/C16H16FNO2S/c1-2-12-18(13-14-8-4-3-5-9-14)21(19,20)16-11-7-6-10-15(16)17/h2-11H,1,12-13H2. The van der Waals surface area contributed by atoms with Crippen LogP contribution in [0, 0.1) is 5.82 Å². The lowest BCUT2D eigenvalue weighted by atomic mass is 10.2. The van der Waals surface area contributed by atoms with Crippen LogP contribution in [0.4, 0.5) is 4.39 Å². The van der Waals surface area contributed by atoms with Crippen LogP contribution in [-0.2, 0) is 16.6 Å². The van der Waals surface area contributed by atoms with Crippen molar-refractivity contribution in [2.24, 2.45) is 0 Å². The SMILES string of the molecule is C=CCN(Cc1ccccc1)S(=O)(=O)c1ccccc1F. The van der Waals surface area contributed by atoms with Gasteiger partial charge in [-0.3, -0.25) is 0 Å². The third kappa shape index (κ3) is 3.56. The molecule has 0 bridgehead atoms. The molecule has 0 unspecified atom stereocenters. The highest BCUT2D eigenvalue weighted by Gasteiger charge is 2.26. The topological polar surface area (TPSA) is 37.4 Å². The third-order valence-electron chi connectivity index (χ3n) is 2.99. The third-order valence-corrected chi connectivity index (χ3v) is 4.83. The van der Waals surface area contributed by atoms with Crippen molar-refractivity contribution in [2.45, 2.75) is 11.4 Å². The highest BCUT2D eigenvalue weighted by atomic mass is 32.2. The van der Waals surface area contributed by atoms with Crippen LogP contribution >= 0.6 is 0 Å². The summed E-state index contributed by atoms with van der Waals surface area (Å²) < 4.78 is 40.2. The Labute approximate surface area is 124 Å². The first-order valence-electron chi connectivity index (χ1n) is 6.45. The van der Waals surface area contributed by atoms with Crippen LogP contribution < -0.4 is 0 Å². The lowest BCUT2D eigenvalue weighted by Gasteiger charge is -2.21. The smallest absolute Gasteiger partial charge is 0.207 e. The Morgan fingerprint density at radius 3 is 2.29 bits per heavy atom. The van der Waals surface area contributed by atoms with E-state index in [1.165, 1.54) is 28.6 Å². The first-order chi connectivity index (χ1) is 10.1. The predicted molar refractivity (Wildman–Crippen MR) is 80.6 cm³/mol. The van der Waals surface area contributed by atoms with Gasteiger partial charge in [0, 0.05) is 13.1 Å². The summed E-state index contributed by atoms with van der Waals surface area (Å²) >= 11 is 0. The minimum Gasteiger partial charge on any atom is -0.207 e. The molecule has 0 saturated carbocycles. The Kier molecular flexibility index (Phi) is 4.88. The summed E-state index contributed by atoms with van der Waals surface area (Å²) in [7, 11) is -3.91. The van der Waals surface area contributed by atoms with Crippen molar-refractivity contribution >= 4 is 10.0 Å². The summed E-state index contributed by atoms with van der Waals surface area (Å²) in [6.45, 7) is 3.86. The second kappa shape index (κ2) is 6.65.